The number of esters is 1. The van der Waals surface area contributed by atoms with Crippen LogP contribution in [0.15, 0.2) is 83.7 Å². The number of hydrogen-bond donors (Lipinski definition) is 1. The van der Waals surface area contributed by atoms with Crippen LogP contribution in [0.4, 0.5) is 0 Å². The number of pyridine rings is 1. The minimum Gasteiger partial charge on any atom is -0.490 e. The lowest BCUT2D eigenvalue weighted by atomic mass is 9.97. The van der Waals surface area contributed by atoms with Gasteiger partial charge in [-0.1, -0.05) is 60.1 Å². The first-order valence-electron chi connectivity index (χ1n) is 10.1. The molecule has 0 aliphatic heterocycles. The Bertz CT molecular complexity index is 1300. The Morgan fingerprint density at radius 1 is 0.938 bits per heavy atom. The molecule has 162 valence electrons. The number of rotatable bonds is 7. The number of benzene rings is 3. The van der Waals surface area contributed by atoms with Crippen molar-refractivity contribution in [2.45, 2.75) is 0 Å². The fourth-order valence-electron chi connectivity index (χ4n) is 3.55. The average Bonchev–Trinajstić information content (AvgIpc) is 2.82. The lowest BCUT2D eigenvalue weighted by Gasteiger charge is -2.19. The van der Waals surface area contributed by atoms with Crippen LogP contribution in [0.5, 0.6) is 5.75 Å². The fourth-order valence-corrected chi connectivity index (χ4v) is 3.73. The molecule has 4 aromatic rings. The van der Waals surface area contributed by atoms with Gasteiger partial charge in [0.15, 0.2) is 5.69 Å². The summed E-state index contributed by atoms with van der Waals surface area (Å²) in [5.41, 5.74) is 3.87. The minimum absolute atomic E-state index is 0.0213. The molecule has 7 heteroatoms. The van der Waals surface area contributed by atoms with Gasteiger partial charge in [-0.25, -0.2) is 9.47 Å². The van der Waals surface area contributed by atoms with Gasteiger partial charge in [0.1, 0.15) is 19.0 Å². The zero-order chi connectivity index (χ0) is 22.5. The Labute approximate surface area is 189 Å². The van der Waals surface area contributed by atoms with Crippen molar-refractivity contribution in [2.75, 3.05) is 25.7 Å². The predicted molar refractivity (Wildman–Crippen MR) is 126 cm³/mol. The number of aromatic nitrogens is 1. The van der Waals surface area contributed by atoms with Crippen molar-refractivity contribution >= 4 is 28.3 Å². The minimum atomic E-state index is -0.645. The molecule has 0 radical (unpaired) electrons. The number of nitrogens with zero attached hydrogens (tertiary/aromatic N) is 1. The molecular weight excluding hydrogens is 428 g/mol. The Kier molecular flexibility index (Phi) is 6.42. The van der Waals surface area contributed by atoms with Gasteiger partial charge in [-0.3, -0.25) is 4.79 Å². The summed E-state index contributed by atoms with van der Waals surface area (Å²) in [5, 5.41) is 1.48. The standard InChI is InChI=1S/C25H21ClN2O4/c1-27-28-23(25(30)32-15-14-31-19-10-6-3-7-11-19)22(17-8-4-2-5-9-17)21-16-18(26)12-13-20(21)24(28)29/h2-13,16,27H,14-15H2,1H3. The molecule has 0 fully saturated rings. The van der Waals surface area contributed by atoms with Crippen molar-refractivity contribution in [1.29, 1.82) is 0 Å². The first kappa shape index (κ1) is 21.5. The number of nitrogens with one attached hydrogen (secondary N) is 1. The van der Waals surface area contributed by atoms with E-state index in [-0.39, 0.29) is 24.5 Å². The summed E-state index contributed by atoms with van der Waals surface area (Å²) in [6, 6.07) is 23.6. The van der Waals surface area contributed by atoms with Crippen molar-refractivity contribution < 1.29 is 14.3 Å². The number of para-hydroxylation sites is 1. The maximum Gasteiger partial charge on any atom is 0.357 e. The molecule has 6 nitrogen and oxygen atoms in total. The zero-order valence-electron chi connectivity index (χ0n) is 17.4. The first-order chi connectivity index (χ1) is 15.6. The maximum absolute atomic E-state index is 13.2. The molecule has 0 unspecified atom stereocenters. The topological polar surface area (TPSA) is 69.6 Å². The van der Waals surface area contributed by atoms with Gasteiger partial charge in [0.2, 0.25) is 0 Å². The van der Waals surface area contributed by atoms with Crippen LogP contribution in [0.3, 0.4) is 0 Å². The highest BCUT2D eigenvalue weighted by atomic mass is 35.5. The molecule has 0 atom stereocenters. The largest absolute Gasteiger partial charge is 0.490 e. The van der Waals surface area contributed by atoms with Crippen molar-refractivity contribution in [1.82, 2.24) is 4.68 Å². The Balaban J connectivity index is 1.75. The lowest BCUT2D eigenvalue weighted by Crippen LogP contribution is -2.33. The molecule has 0 bridgehead atoms. The lowest BCUT2D eigenvalue weighted by molar-refractivity contribution is 0.0440. The average molecular weight is 449 g/mol. The van der Waals surface area contributed by atoms with Crippen LogP contribution in [-0.2, 0) is 4.74 Å². The number of halogens is 1. The van der Waals surface area contributed by atoms with Crippen LogP contribution in [0.1, 0.15) is 10.5 Å². The number of fused-ring (bicyclic) bond motifs is 1. The molecule has 0 saturated heterocycles. The Morgan fingerprint density at radius 3 is 2.31 bits per heavy atom. The zero-order valence-corrected chi connectivity index (χ0v) is 18.1. The second kappa shape index (κ2) is 9.58. The number of carbonyl (C=O) groups is 1. The van der Waals surface area contributed by atoms with Crippen molar-refractivity contribution in [3.05, 3.63) is 99.9 Å². The smallest absolute Gasteiger partial charge is 0.357 e. The summed E-state index contributed by atoms with van der Waals surface area (Å²) in [6.45, 7) is 0.201. The summed E-state index contributed by atoms with van der Waals surface area (Å²) in [6.07, 6.45) is 0. The predicted octanol–water partition coefficient (Wildman–Crippen LogP) is 4.73. The molecule has 0 aliphatic rings. The summed E-state index contributed by atoms with van der Waals surface area (Å²) < 4.78 is 12.3. The molecule has 0 amide bonds. The van der Waals surface area contributed by atoms with Gasteiger partial charge in [0.05, 0.1) is 0 Å². The molecule has 32 heavy (non-hydrogen) atoms. The first-order valence-corrected chi connectivity index (χ1v) is 10.4. The normalized spacial score (nSPS) is 10.7. The van der Waals surface area contributed by atoms with E-state index >= 15 is 0 Å². The molecule has 4 rings (SSSR count). The van der Waals surface area contributed by atoms with Crippen LogP contribution in [-0.4, -0.2) is 30.9 Å². The van der Waals surface area contributed by atoms with Gasteiger partial charge < -0.3 is 14.9 Å². The monoisotopic (exact) mass is 448 g/mol. The van der Waals surface area contributed by atoms with Crippen molar-refractivity contribution in [3.63, 3.8) is 0 Å². The van der Waals surface area contributed by atoms with Gasteiger partial charge in [-0.2, -0.15) is 0 Å². The second-order valence-corrected chi connectivity index (χ2v) is 7.38. The van der Waals surface area contributed by atoms with Crippen LogP contribution in [0.2, 0.25) is 5.02 Å². The highest BCUT2D eigenvalue weighted by molar-refractivity contribution is 6.31. The van der Waals surface area contributed by atoms with Crippen LogP contribution in [0.25, 0.3) is 21.9 Å². The molecular formula is C25H21ClN2O4. The second-order valence-electron chi connectivity index (χ2n) is 6.94. The van der Waals surface area contributed by atoms with Gasteiger partial charge in [-0.15, -0.1) is 0 Å². The summed E-state index contributed by atoms with van der Waals surface area (Å²) in [4.78, 5) is 26.3. The van der Waals surface area contributed by atoms with E-state index < -0.39 is 5.97 Å². The SMILES string of the molecule is CNn1c(C(=O)OCCOc2ccccc2)c(-c2ccccc2)c2cc(Cl)ccc2c1=O. The highest BCUT2D eigenvalue weighted by Crippen LogP contribution is 2.32. The molecule has 0 saturated carbocycles. The van der Waals surface area contributed by atoms with Crippen LogP contribution in [0, 0.1) is 0 Å². The number of hydrogen-bond acceptors (Lipinski definition) is 5. The molecule has 1 N–H and O–H groups in total. The van der Waals surface area contributed by atoms with Gasteiger partial charge in [-0.05, 0) is 41.3 Å². The third-order valence-electron chi connectivity index (χ3n) is 4.95. The summed E-state index contributed by atoms with van der Waals surface area (Å²) >= 11 is 6.24. The number of ether oxygens (including phenoxy) is 2. The summed E-state index contributed by atoms with van der Waals surface area (Å²) in [5.74, 6) is 0.0369. The Hall–Kier alpha value is -3.77. The molecule has 0 spiro atoms. The molecule has 3 aromatic carbocycles. The van der Waals surface area contributed by atoms with E-state index in [0.717, 1.165) is 5.56 Å². The van der Waals surface area contributed by atoms with Crippen LogP contribution >= 0.6 is 11.6 Å². The fraction of sp³-hybridized carbons (Fsp3) is 0.120. The van der Waals surface area contributed by atoms with E-state index in [9.17, 15) is 9.59 Å². The van der Waals surface area contributed by atoms with Crippen LogP contribution < -0.4 is 15.7 Å². The number of carbonyl (C=O) groups excluding carboxylic acids is 1. The van der Waals surface area contributed by atoms with E-state index in [0.29, 0.717) is 27.1 Å². The molecule has 1 aromatic heterocycles. The van der Waals surface area contributed by atoms with Gasteiger partial charge in [0, 0.05) is 23.0 Å². The van der Waals surface area contributed by atoms with E-state index in [1.165, 1.54) is 4.68 Å². The summed E-state index contributed by atoms with van der Waals surface area (Å²) in [7, 11) is 1.58. The Morgan fingerprint density at radius 2 is 1.62 bits per heavy atom. The van der Waals surface area contributed by atoms with E-state index in [1.54, 1.807) is 25.2 Å². The van der Waals surface area contributed by atoms with Gasteiger partial charge >= 0.3 is 5.97 Å². The van der Waals surface area contributed by atoms with E-state index in [4.69, 9.17) is 21.1 Å². The third-order valence-corrected chi connectivity index (χ3v) is 5.19. The quantitative estimate of drug-likeness (QED) is 0.327. The van der Waals surface area contributed by atoms with Gasteiger partial charge in [0.25, 0.3) is 5.56 Å². The van der Waals surface area contributed by atoms with E-state index in [2.05, 4.69) is 5.43 Å². The van der Waals surface area contributed by atoms with Crippen molar-refractivity contribution in [3.8, 4) is 16.9 Å². The third kappa shape index (κ3) is 4.31. The van der Waals surface area contributed by atoms with E-state index in [1.807, 2.05) is 60.7 Å². The highest BCUT2D eigenvalue weighted by Gasteiger charge is 2.24. The molecule has 1 heterocycles. The molecule has 0 aliphatic carbocycles. The van der Waals surface area contributed by atoms with Crippen molar-refractivity contribution in [2.24, 2.45) is 0 Å². The maximum atomic E-state index is 13.2.